The highest BCUT2D eigenvalue weighted by Gasteiger charge is 2.16. The zero-order chi connectivity index (χ0) is 14.8. The second-order valence-electron chi connectivity index (χ2n) is 4.82. The van der Waals surface area contributed by atoms with Crippen LogP contribution in [0.5, 0.6) is 5.75 Å². The van der Waals surface area contributed by atoms with Gasteiger partial charge < -0.3 is 10.5 Å². The minimum absolute atomic E-state index is 0.0871. The third-order valence-corrected chi connectivity index (χ3v) is 3.50. The number of carbonyl (C=O) groups is 1. The zero-order valence-electron chi connectivity index (χ0n) is 11.7. The molecular weight excluding hydrogens is 262 g/mol. The summed E-state index contributed by atoms with van der Waals surface area (Å²) in [5.41, 5.74) is 7.47. The minimum atomic E-state index is -0.0871. The molecule has 104 valence electrons. The Balaban J connectivity index is 2.20. The second-order valence-corrected chi connectivity index (χ2v) is 4.82. The smallest absolute Gasteiger partial charge is 0.197 e. The number of hydrogen-bond donors (Lipinski definition) is 1. The van der Waals surface area contributed by atoms with Gasteiger partial charge in [0.15, 0.2) is 5.78 Å². The summed E-state index contributed by atoms with van der Waals surface area (Å²) in [6, 6.07) is 18.6. The Hall–Kier alpha value is -2.81. The van der Waals surface area contributed by atoms with E-state index in [2.05, 4.69) is 0 Å². The van der Waals surface area contributed by atoms with Crippen molar-refractivity contribution < 1.29 is 9.53 Å². The van der Waals surface area contributed by atoms with Gasteiger partial charge in [-0.2, -0.15) is 0 Å². The predicted octanol–water partition coefficient (Wildman–Crippen LogP) is 3.66. The van der Waals surface area contributed by atoms with Crippen LogP contribution >= 0.6 is 0 Å². The van der Waals surface area contributed by atoms with Gasteiger partial charge in [0.25, 0.3) is 0 Å². The van der Waals surface area contributed by atoms with Crippen molar-refractivity contribution in [3.05, 3.63) is 71.8 Å². The van der Waals surface area contributed by atoms with Crippen LogP contribution in [0.25, 0.3) is 10.8 Å². The van der Waals surface area contributed by atoms with Gasteiger partial charge in [0, 0.05) is 11.3 Å². The third kappa shape index (κ3) is 2.34. The van der Waals surface area contributed by atoms with Gasteiger partial charge in [0.2, 0.25) is 0 Å². The van der Waals surface area contributed by atoms with Gasteiger partial charge in [-0.15, -0.1) is 0 Å². The summed E-state index contributed by atoms with van der Waals surface area (Å²) >= 11 is 0. The van der Waals surface area contributed by atoms with Gasteiger partial charge in [-0.3, -0.25) is 4.79 Å². The van der Waals surface area contributed by atoms with E-state index in [9.17, 15) is 4.79 Å². The molecule has 0 unspecified atom stereocenters. The van der Waals surface area contributed by atoms with E-state index in [0.29, 0.717) is 22.6 Å². The largest absolute Gasteiger partial charge is 0.496 e. The number of nitrogen functional groups attached to an aromatic ring is 1. The molecule has 0 saturated carbocycles. The van der Waals surface area contributed by atoms with Crippen molar-refractivity contribution in [2.75, 3.05) is 12.8 Å². The Morgan fingerprint density at radius 2 is 1.71 bits per heavy atom. The van der Waals surface area contributed by atoms with Gasteiger partial charge in [-0.05, 0) is 29.0 Å². The maximum Gasteiger partial charge on any atom is 0.197 e. The number of methoxy groups -OCH3 is 1. The molecule has 0 heterocycles. The van der Waals surface area contributed by atoms with Gasteiger partial charge in [0.05, 0.1) is 12.7 Å². The molecule has 3 heteroatoms. The molecule has 0 aliphatic carbocycles. The van der Waals surface area contributed by atoms with E-state index >= 15 is 0 Å². The zero-order valence-corrected chi connectivity index (χ0v) is 11.7. The van der Waals surface area contributed by atoms with E-state index in [-0.39, 0.29) is 5.78 Å². The monoisotopic (exact) mass is 277 g/mol. The van der Waals surface area contributed by atoms with Crippen molar-refractivity contribution >= 4 is 22.2 Å². The predicted molar refractivity (Wildman–Crippen MR) is 84.8 cm³/mol. The summed E-state index contributed by atoms with van der Waals surface area (Å²) in [7, 11) is 1.55. The van der Waals surface area contributed by atoms with Crippen molar-refractivity contribution in [3.8, 4) is 5.75 Å². The van der Waals surface area contributed by atoms with Crippen molar-refractivity contribution in [2.45, 2.75) is 0 Å². The molecule has 2 N–H and O–H groups in total. The molecular formula is C18H15NO2. The quantitative estimate of drug-likeness (QED) is 0.587. The first kappa shape index (κ1) is 13.2. The topological polar surface area (TPSA) is 52.3 Å². The van der Waals surface area contributed by atoms with Crippen LogP contribution in [0.1, 0.15) is 15.9 Å². The number of fused-ring (bicyclic) bond motifs is 1. The van der Waals surface area contributed by atoms with E-state index in [4.69, 9.17) is 10.5 Å². The highest BCUT2D eigenvalue weighted by atomic mass is 16.5. The van der Waals surface area contributed by atoms with Crippen LogP contribution < -0.4 is 10.5 Å². The average molecular weight is 277 g/mol. The highest BCUT2D eigenvalue weighted by Crippen LogP contribution is 2.27. The molecule has 0 bridgehead atoms. The molecule has 3 aromatic carbocycles. The molecule has 0 aromatic heterocycles. The molecule has 0 amide bonds. The third-order valence-electron chi connectivity index (χ3n) is 3.50. The summed E-state index contributed by atoms with van der Waals surface area (Å²) in [5, 5.41) is 1.96. The Bertz CT molecular complexity index is 819. The molecule has 0 saturated heterocycles. The molecule has 0 aliphatic rings. The van der Waals surface area contributed by atoms with E-state index in [0.717, 1.165) is 10.8 Å². The van der Waals surface area contributed by atoms with Crippen LogP contribution in [0.15, 0.2) is 60.7 Å². The Morgan fingerprint density at radius 3 is 2.52 bits per heavy atom. The average Bonchev–Trinajstić information content (AvgIpc) is 2.53. The minimum Gasteiger partial charge on any atom is -0.496 e. The number of nitrogens with two attached hydrogens (primary N) is 1. The van der Waals surface area contributed by atoms with Gasteiger partial charge >= 0.3 is 0 Å². The molecule has 21 heavy (non-hydrogen) atoms. The number of anilines is 1. The highest BCUT2D eigenvalue weighted by molar-refractivity contribution is 6.17. The van der Waals surface area contributed by atoms with Gasteiger partial charge in [-0.25, -0.2) is 0 Å². The van der Waals surface area contributed by atoms with Crippen molar-refractivity contribution in [1.82, 2.24) is 0 Å². The number of rotatable bonds is 3. The molecule has 0 spiro atoms. The SMILES string of the molecule is COc1ccc(N)cc1C(=O)c1cccc2ccccc12. The van der Waals surface area contributed by atoms with E-state index in [1.54, 1.807) is 25.3 Å². The van der Waals surface area contributed by atoms with Crippen LogP contribution in [-0.2, 0) is 0 Å². The lowest BCUT2D eigenvalue weighted by Gasteiger charge is -2.10. The van der Waals surface area contributed by atoms with Crippen LogP contribution in [0.2, 0.25) is 0 Å². The Labute approximate surface area is 123 Å². The molecule has 0 aliphatic heterocycles. The van der Waals surface area contributed by atoms with E-state index in [1.165, 1.54) is 0 Å². The molecule has 3 nitrogen and oxygen atoms in total. The number of ketones is 1. The molecule has 3 aromatic rings. The van der Waals surface area contributed by atoms with E-state index in [1.807, 2.05) is 42.5 Å². The van der Waals surface area contributed by atoms with Crippen LogP contribution in [0.3, 0.4) is 0 Å². The summed E-state index contributed by atoms with van der Waals surface area (Å²) in [6.07, 6.45) is 0. The lowest BCUT2D eigenvalue weighted by Crippen LogP contribution is -2.05. The first-order valence-corrected chi connectivity index (χ1v) is 6.66. The Morgan fingerprint density at radius 1 is 0.952 bits per heavy atom. The molecule has 0 fully saturated rings. The summed E-state index contributed by atoms with van der Waals surface area (Å²) < 4.78 is 5.28. The summed E-state index contributed by atoms with van der Waals surface area (Å²) in [4.78, 5) is 12.9. The number of benzene rings is 3. The maximum atomic E-state index is 12.9. The first-order valence-electron chi connectivity index (χ1n) is 6.66. The fourth-order valence-electron chi connectivity index (χ4n) is 2.47. The van der Waals surface area contributed by atoms with Crippen LogP contribution in [-0.4, -0.2) is 12.9 Å². The standard InChI is InChI=1S/C18H15NO2/c1-21-17-10-9-13(19)11-16(17)18(20)15-8-4-6-12-5-2-3-7-14(12)15/h2-11H,19H2,1H3. The number of ether oxygens (including phenoxy) is 1. The fourth-order valence-corrected chi connectivity index (χ4v) is 2.47. The lowest BCUT2D eigenvalue weighted by atomic mass is 9.96. The van der Waals surface area contributed by atoms with Crippen LogP contribution in [0.4, 0.5) is 5.69 Å². The summed E-state index contributed by atoms with van der Waals surface area (Å²) in [5.74, 6) is 0.443. The van der Waals surface area contributed by atoms with Gasteiger partial charge in [0.1, 0.15) is 5.75 Å². The Kier molecular flexibility index (Phi) is 3.32. The molecule has 0 radical (unpaired) electrons. The second kappa shape index (κ2) is 5.29. The van der Waals surface area contributed by atoms with Gasteiger partial charge in [-0.1, -0.05) is 42.5 Å². The van der Waals surface area contributed by atoms with Crippen molar-refractivity contribution in [3.63, 3.8) is 0 Å². The fraction of sp³-hybridized carbons (Fsp3) is 0.0556. The first-order chi connectivity index (χ1) is 10.2. The lowest BCUT2D eigenvalue weighted by molar-refractivity contribution is 0.103. The normalized spacial score (nSPS) is 10.5. The maximum absolute atomic E-state index is 12.9. The van der Waals surface area contributed by atoms with Crippen molar-refractivity contribution in [2.24, 2.45) is 0 Å². The number of hydrogen-bond acceptors (Lipinski definition) is 3. The van der Waals surface area contributed by atoms with Crippen molar-refractivity contribution in [1.29, 1.82) is 0 Å². The molecule has 0 atom stereocenters. The van der Waals surface area contributed by atoms with E-state index < -0.39 is 0 Å². The summed E-state index contributed by atoms with van der Waals surface area (Å²) in [6.45, 7) is 0. The number of carbonyl (C=O) groups excluding carboxylic acids is 1. The van der Waals surface area contributed by atoms with Crippen LogP contribution in [0, 0.1) is 0 Å². The molecule has 3 rings (SSSR count).